The molecule has 0 aliphatic rings. The molecule has 0 heterocycles. The highest BCUT2D eigenvalue weighted by atomic mass is 19.2. The number of benzene rings is 1. The van der Waals surface area contributed by atoms with Gasteiger partial charge in [0.2, 0.25) is 5.91 Å². The first-order valence-electron chi connectivity index (χ1n) is 6.50. The fraction of sp³-hybridized carbons (Fsp3) is 0.467. The number of halogens is 2. The van der Waals surface area contributed by atoms with Gasteiger partial charge < -0.3 is 10.0 Å². The van der Waals surface area contributed by atoms with E-state index < -0.39 is 23.0 Å². The molecule has 1 aromatic rings. The van der Waals surface area contributed by atoms with Crippen molar-refractivity contribution in [2.75, 3.05) is 7.05 Å². The SMILES string of the molecule is CN(Cc1ccc(F)c(F)c1)C(=O)CC(C)(C)CC(=O)O. The molecule has 6 heteroatoms. The van der Waals surface area contributed by atoms with Crippen molar-refractivity contribution >= 4 is 11.9 Å². The maximum Gasteiger partial charge on any atom is 0.303 e. The highest BCUT2D eigenvalue weighted by Gasteiger charge is 2.26. The van der Waals surface area contributed by atoms with E-state index in [1.165, 1.54) is 11.0 Å². The predicted molar refractivity (Wildman–Crippen MR) is 73.5 cm³/mol. The van der Waals surface area contributed by atoms with Crippen LogP contribution >= 0.6 is 0 Å². The Labute approximate surface area is 122 Å². The fourth-order valence-corrected chi connectivity index (χ4v) is 2.02. The van der Waals surface area contributed by atoms with Crippen LogP contribution in [0.1, 0.15) is 32.3 Å². The molecule has 0 aliphatic heterocycles. The Morgan fingerprint density at radius 3 is 2.33 bits per heavy atom. The molecule has 116 valence electrons. The standard InChI is InChI=1S/C15H19F2NO3/c1-15(2,8-14(20)21)7-13(19)18(3)9-10-4-5-11(16)12(17)6-10/h4-6H,7-9H2,1-3H3,(H,20,21). The minimum Gasteiger partial charge on any atom is -0.481 e. The average Bonchev–Trinajstić information content (AvgIpc) is 2.31. The summed E-state index contributed by atoms with van der Waals surface area (Å²) < 4.78 is 25.9. The van der Waals surface area contributed by atoms with Crippen LogP contribution < -0.4 is 0 Å². The molecule has 0 radical (unpaired) electrons. The Bertz CT molecular complexity index is 544. The third-order valence-corrected chi connectivity index (χ3v) is 3.09. The lowest BCUT2D eigenvalue weighted by Crippen LogP contribution is -2.31. The Hall–Kier alpha value is -1.98. The number of carboxylic acids is 1. The van der Waals surface area contributed by atoms with Gasteiger partial charge in [-0.3, -0.25) is 9.59 Å². The summed E-state index contributed by atoms with van der Waals surface area (Å²) in [6.07, 6.45) is -0.0444. The summed E-state index contributed by atoms with van der Waals surface area (Å²) in [7, 11) is 1.54. The smallest absolute Gasteiger partial charge is 0.303 e. The number of amides is 1. The van der Waals surface area contributed by atoms with Crippen molar-refractivity contribution in [1.29, 1.82) is 0 Å². The molecule has 0 aromatic heterocycles. The number of rotatable bonds is 6. The van der Waals surface area contributed by atoms with Gasteiger partial charge in [0, 0.05) is 20.0 Å². The topological polar surface area (TPSA) is 57.6 Å². The van der Waals surface area contributed by atoms with Gasteiger partial charge in [0.1, 0.15) is 0 Å². The minimum atomic E-state index is -0.962. The van der Waals surface area contributed by atoms with Crippen molar-refractivity contribution in [1.82, 2.24) is 4.90 Å². The zero-order chi connectivity index (χ0) is 16.2. The molecule has 1 aromatic carbocycles. The zero-order valence-corrected chi connectivity index (χ0v) is 12.3. The molecular formula is C15H19F2NO3. The van der Waals surface area contributed by atoms with Crippen LogP contribution in [0.4, 0.5) is 8.78 Å². The van der Waals surface area contributed by atoms with Gasteiger partial charge in [0.05, 0.1) is 6.42 Å². The van der Waals surface area contributed by atoms with Crippen LogP contribution in [0.25, 0.3) is 0 Å². The largest absolute Gasteiger partial charge is 0.481 e. The van der Waals surface area contributed by atoms with Crippen molar-refractivity contribution in [3.8, 4) is 0 Å². The maximum atomic E-state index is 13.1. The maximum absolute atomic E-state index is 13.1. The van der Waals surface area contributed by atoms with Crippen molar-refractivity contribution in [3.63, 3.8) is 0 Å². The van der Waals surface area contributed by atoms with Crippen molar-refractivity contribution < 1.29 is 23.5 Å². The van der Waals surface area contributed by atoms with Crippen molar-refractivity contribution in [3.05, 3.63) is 35.4 Å². The summed E-state index contributed by atoms with van der Waals surface area (Å²) in [4.78, 5) is 24.2. The molecule has 0 aliphatic carbocycles. The highest BCUT2D eigenvalue weighted by molar-refractivity contribution is 5.77. The van der Waals surface area contributed by atoms with Crippen LogP contribution in [-0.2, 0) is 16.1 Å². The Balaban J connectivity index is 2.66. The van der Waals surface area contributed by atoms with E-state index >= 15 is 0 Å². The van der Waals surface area contributed by atoms with Gasteiger partial charge in [0.15, 0.2) is 11.6 Å². The molecule has 0 atom stereocenters. The molecule has 0 spiro atoms. The summed E-state index contributed by atoms with van der Waals surface area (Å²) in [5.74, 6) is -3.10. The second kappa shape index (κ2) is 6.65. The molecule has 4 nitrogen and oxygen atoms in total. The van der Waals surface area contributed by atoms with E-state index in [4.69, 9.17) is 5.11 Å². The summed E-state index contributed by atoms with van der Waals surface area (Å²) in [6.45, 7) is 3.54. The van der Waals surface area contributed by atoms with Crippen molar-refractivity contribution in [2.45, 2.75) is 33.2 Å². The van der Waals surface area contributed by atoms with E-state index in [-0.39, 0.29) is 25.3 Å². The van der Waals surface area contributed by atoms with Gasteiger partial charge in [0.25, 0.3) is 0 Å². The van der Waals surface area contributed by atoms with Gasteiger partial charge >= 0.3 is 5.97 Å². The highest BCUT2D eigenvalue weighted by Crippen LogP contribution is 2.26. The predicted octanol–water partition coefficient (Wildman–Crippen LogP) is 2.81. The van der Waals surface area contributed by atoms with Gasteiger partial charge in [-0.15, -0.1) is 0 Å². The van der Waals surface area contributed by atoms with E-state index in [1.54, 1.807) is 20.9 Å². The molecule has 21 heavy (non-hydrogen) atoms. The first-order valence-corrected chi connectivity index (χ1v) is 6.50. The van der Waals surface area contributed by atoms with Crippen molar-refractivity contribution in [2.24, 2.45) is 5.41 Å². The molecule has 1 N–H and O–H groups in total. The normalized spacial score (nSPS) is 11.3. The molecule has 1 amide bonds. The van der Waals surface area contributed by atoms with Crippen LogP contribution in [0, 0.1) is 17.0 Å². The lowest BCUT2D eigenvalue weighted by atomic mass is 9.85. The first-order chi connectivity index (χ1) is 9.60. The van der Waals surface area contributed by atoms with Crippen LogP contribution in [0.5, 0.6) is 0 Å². The Morgan fingerprint density at radius 2 is 1.81 bits per heavy atom. The fourth-order valence-electron chi connectivity index (χ4n) is 2.02. The number of carbonyl (C=O) groups excluding carboxylic acids is 1. The minimum absolute atomic E-state index is 0.0689. The number of hydrogen-bond donors (Lipinski definition) is 1. The summed E-state index contributed by atoms with van der Waals surface area (Å²) in [6, 6.07) is 3.46. The molecular weight excluding hydrogens is 280 g/mol. The zero-order valence-electron chi connectivity index (χ0n) is 12.3. The number of aliphatic carboxylic acids is 1. The lowest BCUT2D eigenvalue weighted by Gasteiger charge is -2.25. The first kappa shape index (κ1) is 17.1. The quantitative estimate of drug-likeness (QED) is 0.878. The van der Waals surface area contributed by atoms with Crippen LogP contribution in [0.15, 0.2) is 18.2 Å². The van der Waals surface area contributed by atoms with Gasteiger partial charge in [-0.2, -0.15) is 0 Å². The summed E-state index contributed by atoms with van der Waals surface area (Å²) >= 11 is 0. The lowest BCUT2D eigenvalue weighted by molar-refractivity contribution is -0.140. The van der Waals surface area contributed by atoms with Gasteiger partial charge in [-0.05, 0) is 23.1 Å². The molecule has 0 bridgehead atoms. The average molecular weight is 299 g/mol. The van der Waals surface area contributed by atoms with Gasteiger partial charge in [-0.1, -0.05) is 19.9 Å². The van der Waals surface area contributed by atoms with E-state index in [1.807, 2.05) is 0 Å². The summed E-state index contributed by atoms with van der Waals surface area (Å²) in [5.41, 5.74) is -0.189. The van der Waals surface area contributed by atoms with Gasteiger partial charge in [-0.25, -0.2) is 8.78 Å². The van der Waals surface area contributed by atoms with Crippen LogP contribution in [-0.4, -0.2) is 28.9 Å². The Morgan fingerprint density at radius 1 is 1.19 bits per heavy atom. The molecule has 0 saturated carbocycles. The molecule has 0 fully saturated rings. The van der Waals surface area contributed by atoms with E-state index in [0.29, 0.717) is 5.56 Å². The molecule has 0 unspecified atom stereocenters. The van der Waals surface area contributed by atoms with Crippen LogP contribution in [0.3, 0.4) is 0 Å². The monoisotopic (exact) mass is 299 g/mol. The molecule has 0 saturated heterocycles. The summed E-state index contributed by atoms with van der Waals surface area (Å²) in [5, 5.41) is 8.79. The number of carbonyl (C=O) groups is 2. The van der Waals surface area contributed by atoms with E-state index in [0.717, 1.165) is 12.1 Å². The van der Waals surface area contributed by atoms with E-state index in [9.17, 15) is 18.4 Å². The Kier molecular flexibility index (Phi) is 5.41. The second-order valence-corrected chi connectivity index (χ2v) is 5.91. The third-order valence-electron chi connectivity index (χ3n) is 3.09. The number of hydrogen-bond acceptors (Lipinski definition) is 2. The van der Waals surface area contributed by atoms with Crippen LogP contribution in [0.2, 0.25) is 0 Å². The number of carboxylic acid groups (broad SMARTS) is 1. The number of nitrogens with zero attached hydrogens (tertiary/aromatic N) is 1. The second-order valence-electron chi connectivity index (χ2n) is 5.91. The molecule has 1 rings (SSSR count). The third kappa shape index (κ3) is 5.49. The van der Waals surface area contributed by atoms with E-state index in [2.05, 4.69) is 0 Å².